The Bertz CT molecular complexity index is 1600. The Morgan fingerprint density at radius 1 is 1.15 bits per heavy atom. The zero-order chi connectivity index (χ0) is 28.5. The highest BCUT2D eigenvalue weighted by Gasteiger charge is 2.23. The zero-order valence-electron chi connectivity index (χ0n) is 23.1. The van der Waals surface area contributed by atoms with E-state index in [2.05, 4.69) is 56.1 Å². The first kappa shape index (κ1) is 27.3. The first-order valence-corrected chi connectivity index (χ1v) is 14.1. The summed E-state index contributed by atoms with van der Waals surface area (Å²) in [5.74, 6) is 0.767. The maximum absolute atomic E-state index is 12.0. The monoisotopic (exact) mass is 577 g/mol. The van der Waals surface area contributed by atoms with E-state index in [1.807, 2.05) is 0 Å². The van der Waals surface area contributed by atoms with Gasteiger partial charge in [0.15, 0.2) is 0 Å². The number of nitro groups is 1. The fourth-order valence-electron chi connectivity index (χ4n) is 5.61. The molecule has 214 valence electrons. The molecule has 1 N–H and O–H groups in total. The van der Waals surface area contributed by atoms with Gasteiger partial charge in [-0.1, -0.05) is 29.8 Å². The Balaban J connectivity index is 1.27. The van der Waals surface area contributed by atoms with E-state index in [-0.39, 0.29) is 17.4 Å². The Labute approximate surface area is 242 Å². The normalized spacial score (nSPS) is 15.7. The average Bonchev–Trinajstić information content (AvgIpc) is 3.35. The third-order valence-electron chi connectivity index (χ3n) is 7.81. The predicted molar refractivity (Wildman–Crippen MR) is 159 cm³/mol. The fraction of sp³-hybridized carbons (Fsp3) is 0.379. The second kappa shape index (κ2) is 11.5. The number of hydrogen-bond donors (Lipinski definition) is 1. The van der Waals surface area contributed by atoms with Crippen molar-refractivity contribution in [2.45, 2.75) is 19.4 Å². The maximum atomic E-state index is 12.0. The number of benzene rings is 2. The minimum absolute atomic E-state index is 0.151. The number of piperazine rings is 1. The molecule has 12 heteroatoms. The van der Waals surface area contributed by atoms with Crippen molar-refractivity contribution in [1.82, 2.24) is 24.3 Å². The number of para-hydroxylation sites is 1. The van der Waals surface area contributed by atoms with E-state index in [1.54, 1.807) is 0 Å². The molecule has 0 spiro atoms. The number of aryl methyl sites for hydroxylation is 2. The number of ether oxygens (including phenoxy) is 2. The van der Waals surface area contributed by atoms with Crippen LogP contribution in [0.15, 0.2) is 42.7 Å². The van der Waals surface area contributed by atoms with E-state index in [1.165, 1.54) is 36.5 Å². The molecule has 11 nitrogen and oxygen atoms in total. The van der Waals surface area contributed by atoms with Gasteiger partial charge in [0.05, 0.1) is 40.2 Å². The number of nitro benzene ring substituents is 1. The van der Waals surface area contributed by atoms with E-state index in [4.69, 9.17) is 26.1 Å². The molecular weight excluding hydrogens is 546 g/mol. The lowest BCUT2D eigenvalue weighted by molar-refractivity contribution is -0.385. The number of methoxy groups -OCH3 is 1. The van der Waals surface area contributed by atoms with Crippen molar-refractivity contribution >= 4 is 39.8 Å². The summed E-state index contributed by atoms with van der Waals surface area (Å²) in [5.41, 5.74) is 4.20. The van der Waals surface area contributed by atoms with Crippen LogP contribution >= 0.6 is 11.6 Å². The van der Waals surface area contributed by atoms with Gasteiger partial charge in [0, 0.05) is 68.5 Å². The molecular formula is C29H32ClN7O4. The lowest BCUT2D eigenvalue weighted by Gasteiger charge is -2.32. The standard InChI is InChI=1S/C29H32ClN7O4/c1-34-9-11-35(12-10-34)13-14-41-26-16-25(40-2)23(15-24(26)37(38)39)32-29-31-17-22(30)27(33-29)21-18-36-8-4-6-19-5-3-7-20(21)28(19)36/h3,5,7,15-18H,4,6,8-14H2,1-2H3,(H,31,32,33). The van der Waals surface area contributed by atoms with Gasteiger partial charge in [-0.15, -0.1) is 0 Å². The predicted octanol–water partition coefficient (Wildman–Crippen LogP) is 4.98. The third kappa shape index (κ3) is 5.52. The van der Waals surface area contributed by atoms with E-state index in [9.17, 15) is 10.1 Å². The number of aromatic nitrogens is 3. The first-order chi connectivity index (χ1) is 19.9. The molecule has 2 aliphatic heterocycles. The van der Waals surface area contributed by atoms with Crippen molar-refractivity contribution in [3.63, 3.8) is 0 Å². The fourth-order valence-corrected chi connectivity index (χ4v) is 5.80. The van der Waals surface area contributed by atoms with Gasteiger partial charge < -0.3 is 24.3 Å². The topological polar surface area (TPSA) is 111 Å². The summed E-state index contributed by atoms with van der Waals surface area (Å²) in [6.45, 7) is 5.83. The van der Waals surface area contributed by atoms with Crippen LogP contribution in [0.5, 0.6) is 11.5 Å². The van der Waals surface area contributed by atoms with E-state index < -0.39 is 4.92 Å². The van der Waals surface area contributed by atoms with Crippen LogP contribution in [0.4, 0.5) is 17.3 Å². The Hall–Kier alpha value is -3.93. The summed E-state index contributed by atoms with van der Waals surface area (Å²) in [7, 11) is 3.60. The van der Waals surface area contributed by atoms with Crippen LogP contribution in [0, 0.1) is 10.1 Å². The molecule has 4 heterocycles. The number of nitrogens with zero attached hydrogens (tertiary/aromatic N) is 6. The van der Waals surface area contributed by atoms with E-state index in [0.717, 1.165) is 56.5 Å². The lowest BCUT2D eigenvalue weighted by atomic mass is 10.0. The molecule has 0 aliphatic carbocycles. The quantitative estimate of drug-likeness (QED) is 0.217. The summed E-state index contributed by atoms with van der Waals surface area (Å²) in [4.78, 5) is 25.2. The van der Waals surface area contributed by atoms with Crippen LogP contribution in [0.25, 0.3) is 22.2 Å². The van der Waals surface area contributed by atoms with Crippen molar-refractivity contribution in [2.75, 3.05) is 58.8 Å². The second-order valence-corrected chi connectivity index (χ2v) is 10.8. The number of rotatable bonds is 9. The molecule has 2 aliphatic rings. The van der Waals surface area contributed by atoms with Crippen LogP contribution in [-0.4, -0.2) is 82.7 Å². The Morgan fingerprint density at radius 2 is 1.98 bits per heavy atom. The van der Waals surface area contributed by atoms with E-state index >= 15 is 0 Å². The summed E-state index contributed by atoms with van der Waals surface area (Å²) in [5, 5.41) is 16.6. The van der Waals surface area contributed by atoms with Crippen molar-refractivity contribution in [3.8, 4) is 22.8 Å². The van der Waals surface area contributed by atoms with Gasteiger partial charge in [-0.25, -0.2) is 9.97 Å². The molecule has 0 bridgehead atoms. The van der Waals surface area contributed by atoms with Crippen molar-refractivity contribution in [2.24, 2.45) is 0 Å². The van der Waals surface area contributed by atoms with Gasteiger partial charge in [-0.2, -0.15) is 0 Å². The van der Waals surface area contributed by atoms with E-state index in [0.29, 0.717) is 35.3 Å². The number of likely N-dealkylation sites (N-methyl/N-ethyl adjacent to an activating group) is 1. The van der Waals surface area contributed by atoms with Crippen LogP contribution in [0.1, 0.15) is 12.0 Å². The molecule has 6 rings (SSSR count). The highest BCUT2D eigenvalue weighted by molar-refractivity contribution is 6.33. The van der Waals surface area contributed by atoms with Gasteiger partial charge in [-0.05, 0) is 25.5 Å². The smallest absolute Gasteiger partial charge is 0.313 e. The molecule has 0 atom stereocenters. The minimum atomic E-state index is -0.460. The highest BCUT2D eigenvalue weighted by atomic mass is 35.5. The molecule has 0 unspecified atom stereocenters. The van der Waals surface area contributed by atoms with Gasteiger partial charge >= 0.3 is 5.69 Å². The largest absolute Gasteiger partial charge is 0.494 e. The van der Waals surface area contributed by atoms with Gasteiger partial charge in [0.25, 0.3) is 0 Å². The zero-order valence-corrected chi connectivity index (χ0v) is 23.9. The lowest BCUT2D eigenvalue weighted by Crippen LogP contribution is -2.45. The number of hydrogen-bond acceptors (Lipinski definition) is 9. The second-order valence-electron chi connectivity index (χ2n) is 10.4. The molecule has 1 fully saturated rings. The van der Waals surface area contributed by atoms with Crippen LogP contribution < -0.4 is 14.8 Å². The molecule has 2 aromatic carbocycles. The SMILES string of the molecule is COc1cc(OCCN2CCN(C)CC2)c([N+](=O)[O-])cc1Nc1ncc(Cl)c(-c2cn3c4c(cccc24)CCC3)n1. The summed E-state index contributed by atoms with van der Waals surface area (Å²) >= 11 is 6.60. The molecule has 0 radical (unpaired) electrons. The maximum Gasteiger partial charge on any atom is 0.313 e. The summed E-state index contributed by atoms with van der Waals surface area (Å²) in [6, 6.07) is 9.23. The van der Waals surface area contributed by atoms with Crippen LogP contribution in [0.2, 0.25) is 5.02 Å². The highest BCUT2D eigenvalue weighted by Crippen LogP contribution is 2.40. The van der Waals surface area contributed by atoms with Crippen molar-refractivity contribution < 1.29 is 14.4 Å². The Morgan fingerprint density at radius 3 is 2.76 bits per heavy atom. The average molecular weight is 578 g/mol. The van der Waals surface area contributed by atoms with Crippen molar-refractivity contribution in [3.05, 3.63) is 63.4 Å². The first-order valence-electron chi connectivity index (χ1n) is 13.7. The van der Waals surface area contributed by atoms with Gasteiger partial charge in [-0.3, -0.25) is 15.0 Å². The molecule has 1 saturated heterocycles. The Kier molecular flexibility index (Phi) is 7.65. The minimum Gasteiger partial charge on any atom is -0.494 e. The molecule has 2 aromatic heterocycles. The summed E-state index contributed by atoms with van der Waals surface area (Å²) in [6.07, 6.45) is 5.75. The number of nitrogens with one attached hydrogen (secondary N) is 1. The number of halogens is 1. The van der Waals surface area contributed by atoms with Gasteiger partial charge in [0.2, 0.25) is 11.7 Å². The van der Waals surface area contributed by atoms with Gasteiger partial charge in [0.1, 0.15) is 12.4 Å². The summed E-state index contributed by atoms with van der Waals surface area (Å²) < 4.78 is 13.7. The van der Waals surface area contributed by atoms with Crippen LogP contribution in [0.3, 0.4) is 0 Å². The molecule has 4 aromatic rings. The third-order valence-corrected chi connectivity index (χ3v) is 8.09. The number of anilines is 2. The van der Waals surface area contributed by atoms with Crippen molar-refractivity contribution in [1.29, 1.82) is 0 Å². The molecule has 0 amide bonds. The molecule has 0 saturated carbocycles. The molecule has 41 heavy (non-hydrogen) atoms. The van der Waals surface area contributed by atoms with Crippen LogP contribution in [-0.2, 0) is 13.0 Å².